The topological polar surface area (TPSA) is 58.4 Å². The summed E-state index contributed by atoms with van der Waals surface area (Å²) in [4.78, 5) is 13.9. The van der Waals surface area contributed by atoms with Gasteiger partial charge in [0, 0.05) is 18.6 Å². The van der Waals surface area contributed by atoms with Crippen LogP contribution in [0.25, 0.3) is 0 Å². The monoisotopic (exact) mass is 281 g/mol. The number of primary amides is 1. The van der Waals surface area contributed by atoms with Gasteiger partial charge < -0.3 is 16.0 Å². The summed E-state index contributed by atoms with van der Waals surface area (Å²) >= 11 is 0. The lowest BCUT2D eigenvalue weighted by Crippen LogP contribution is -2.45. The van der Waals surface area contributed by atoms with Gasteiger partial charge in [-0.25, -0.2) is 0 Å². The van der Waals surface area contributed by atoms with Gasteiger partial charge in [0.15, 0.2) is 0 Å². The van der Waals surface area contributed by atoms with Crippen LogP contribution in [0.15, 0.2) is 0 Å². The number of hydrogen-bond donors (Lipinski definition) is 2. The molecule has 4 heteroatoms. The average molecular weight is 281 g/mol. The standard InChI is InChI=1S/C16H31N3O/c1-16(2)9-6-13(7-10-16)19(3)11-8-14(15(17)20)18-12-4-5-12/h12-14,18H,4-11H2,1-3H3,(H2,17,20). The van der Waals surface area contributed by atoms with E-state index in [1.54, 1.807) is 0 Å². The Morgan fingerprint density at radius 3 is 2.40 bits per heavy atom. The third kappa shape index (κ3) is 4.74. The number of hydrogen-bond acceptors (Lipinski definition) is 3. The molecule has 0 saturated heterocycles. The van der Waals surface area contributed by atoms with Crippen LogP contribution in [-0.2, 0) is 4.79 Å². The number of carbonyl (C=O) groups is 1. The van der Waals surface area contributed by atoms with Gasteiger partial charge in [-0.3, -0.25) is 4.79 Å². The van der Waals surface area contributed by atoms with E-state index in [4.69, 9.17) is 5.73 Å². The Hall–Kier alpha value is -0.610. The molecule has 116 valence electrons. The normalized spacial score (nSPS) is 24.8. The summed E-state index contributed by atoms with van der Waals surface area (Å²) < 4.78 is 0. The maximum Gasteiger partial charge on any atom is 0.234 e. The molecule has 0 aliphatic heterocycles. The highest BCUT2D eigenvalue weighted by atomic mass is 16.1. The highest BCUT2D eigenvalue weighted by Crippen LogP contribution is 2.36. The minimum atomic E-state index is -0.199. The smallest absolute Gasteiger partial charge is 0.234 e. The van der Waals surface area contributed by atoms with Gasteiger partial charge in [-0.2, -0.15) is 0 Å². The fourth-order valence-corrected chi connectivity index (χ4v) is 3.18. The van der Waals surface area contributed by atoms with Crippen LogP contribution in [0.1, 0.15) is 58.8 Å². The maximum atomic E-state index is 11.5. The van der Waals surface area contributed by atoms with Crippen molar-refractivity contribution in [3.63, 3.8) is 0 Å². The lowest BCUT2D eigenvalue weighted by atomic mass is 9.75. The molecule has 2 rings (SSSR count). The first kappa shape index (κ1) is 15.8. The molecule has 0 heterocycles. The van der Waals surface area contributed by atoms with Crippen molar-refractivity contribution in [3.8, 4) is 0 Å². The van der Waals surface area contributed by atoms with Gasteiger partial charge in [-0.15, -0.1) is 0 Å². The van der Waals surface area contributed by atoms with Crippen LogP contribution in [-0.4, -0.2) is 42.5 Å². The molecular weight excluding hydrogens is 250 g/mol. The Balaban J connectivity index is 1.73. The summed E-state index contributed by atoms with van der Waals surface area (Å²) in [5.74, 6) is -0.199. The second-order valence-corrected chi connectivity index (χ2v) is 7.56. The molecule has 1 amide bonds. The molecule has 20 heavy (non-hydrogen) atoms. The minimum Gasteiger partial charge on any atom is -0.368 e. The molecule has 0 aromatic heterocycles. The number of amides is 1. The van der Waals surface area contributed by atoms with Crippen molar-refractivity contribution >= 4 is 5.91 Å². The molecule has 2 saturated carbocycles. The molecule has 4 nitrogen and oxygen atoms in total. The van der Waals surface area contributed by atoms with Crippen molar-refractivity contribution < 1.29 is 4.79 Å². The lowest BCUT2D eigenvalue weighted by molar-refractivity contribution is -0.120. The molecule has 0 aromatic carbocycles. The van der Waals surface area contributed by atoms with Crippen LogP contribution in [0.5, 0.6) is 0 Å². The second kappa shape index (κ2) is 6.44. The van der Waals surface area contributed by atoms with Gasteiger partial charge in [0.1, 0.15) is 0 Å². The van der Waals surface area contributed by atoms with E-state index < -0.39 is 0 Å². The van der Waals surface area contributed by atoms with Gasteiger partial charge >= 0.3 is 0 Å². The van der Waals surface area contributed by atoms with Crippen LogP contribution in [0.2, 0.25) is 0 Å². The highest BCUT2D eigenvalue weighted by molar-refractivity contribution is 5.79. The largest absolute Gasteiger partial charge is 0.368 e. The van der Waals surface area contributed by atoms with Gasteiger partial charge in [-0.05, 0) is 57.4 Å². The predicted molar refractivity (Wildman–Crippen MR) is 82.4 cm³/mol. The zero-order valence-corrected chi connectivity index (χ0v) is 13.3. The summed E-state index contributed by atoms with van der Waals surface area (Å²) in [6.45, 7) is 5.69. The second-order valence-electron chi connectivity index (χ2n) is 7.56. The molecule has 0 radical (unpaired) electrons. The molecule has 2 aliphatic carbocycles. The summed E-state index contributed by atoms with van der Waals surface area (Å²) in [6, 6.07) is 1.07. The molecular formula is C16H31N3O. The molecule has 0 aromatic rings. The van der Waals surface area contributed by atoms with E-state index >= 15 is 0 Å². The Labute approximate surface area is 123 Å². The third-order valence-electron chi connectivity index (χ3n) is 5.06. The summed E-state index contributed by atoms with van der Waals surface area (Å²) in [7, 11) is 2.19. The summed E-state index contributed by atoms with van der Waals surface area (Å²) in [6.07, 6.45) is 8.39. The van der Waals surface area contributed by atoms with Crippen molar-refractivity contribution in [2.45, 2.75) is 76.9 Å². The van der Waals surface area contributed by atoms with Gasteiger partial charge in [0.05, 0.1) is 6.04 Å². The zero-order valence-electron chi connectivity index (χ0n) is 13.3. The first-order valence-corrected chi connectivity index (χ1v) is 8.13. The quantitative estimate of drug-likeness (QED) is 0.749. The van der Waals surface area contributed by atoms with Gasteiger partial charge in [0.2, 0.25) is 5.91 Å². The molecule has 1 unspecified atom stereocenters. The van der Waals surface area contributed by atoms with E-state index in [0.717, 1.165) is 13.0 Å². The molecule has 0 bridgehead atoms. The molecule has 2 aliphatic rings. The maximum absolute atomic E-state index is 11.5. The van der Waals surface area contributed by atoms with E-state index in [9.17, 15) is 4.79 Å². The Morgan fingerprint density at radius 2 is 1.90 bits per heavy atom. The number of nitrogens with zero attached hydrogens (tertiary/aromatic N) is 1. The summed E-state index contributed by atoms with van der Waals surface area (Å²) in [5, 5.41) is 3.36. The van der Waals surface area contributed by atoms with Crippen LogP contribution in [0.3, 0.4) is 0 Å². The fourth-order valence-electron chi connectivity index (χ4n) is 3.18. The first-order valence-electron chi connectivity index (χ1n) is 8.13. The zero-order chi connectivity index (χ0) is 14.8. The van der Waals surface area contributed by atoms with E-state index in [1.165, 1.54) is 38.5 Å². The van der Waals surface area contributed by atoms with E-state index in [2.05, 4.69) is 31.1 Å². The average Bonchev–Trinajstić information content (AvgIpc) is 3.17. The van der Waals surface area contributed by atoms with E-state index in [0.29, 0.717) is 17.5 Å². The highest BCUT2D eigenvalue weighted by Gasteiger charge is 2.30. The van der Waals surface area contributed by atoms with Crippen molar-refractivity contribution in [2.75, 3.05) is 13.6 Å². The third-order valence-corrected chi connectivity index (χ3v) is 5.06. The summed E-state index contributed by atoms with van der Waals surface area (Å²) in [5.41, 5.74) is 6.01. The molecule has 3 N–H and O–H groups in total. The number of nitrogens with one attached hydrogen (secondary N) is 1. The number of rotatable bonds is 7. The Bertz CT molecular complexity index is 329. The fraction of sp³-hybridized carbons (Fsp3) is 0.938. The lowest BCUT2D eigenvalue weighted by Gasteiger charge is -2.39. The molecule has 1 atom stereocenters. The Kier molecular flexibility index (Phi) is 5.08. The van der Waals surface area contributed by atoms with Gasteiger partial charge in [-0.1, -0.05) is 13.8 Å². The van der Waals surface area contributed by atoms with E-state index in [-0.39, 0.29) is 11.9 Å². The van der Waals surface area contributed by atoms with Crippen LogP contribution in [0, 0.1) is 5.41 Å². The number of carbonyl (C=O) groups excluding carboxylic acids is 1. The van der Waals surface area contributed by atoms with Crippen molar-refractivity contribution in [2.24, 2.45) is 11.1 Å². The Morgan fingerprint density at radius 1 is 1.30 bits per heavy atom. The molecule has 0 spiro atoms. The predicted octanol–water partition coefficient (Wildman–Crippen LogP) is 1.88. The van der Waals surface area contributed by atoms with Crippen molar-refractivity contribution in [1.29, 1.82) is 0 Å². The van der Waals surface area contributed by atoms with Crippen LogP contribution >= 0.6 is 0 Å². The van der Waals surface area contributed by atoms with Crippen molar-refractivity contribution in [3.05, 3.63) is 0 Å². The van der Waals surface area contributed by atoms with Crippen LogP contribution in [0.4, 0.5) is 0 Å². The van der Waals surface area contributed by atoms with Gasteiger partial charge in [0.25, 0.3) is 0 Å². The van der Waals surface area contributed by atoms with Crippen molar-refractivity contribution in [1.82, 2.24) is 10.2 Å². The molecule has 2 fully saturated rings. The SMILES string of the molecule is CN(CCC(NC1CC1)C(N)=O)C1CCC(C)(C)CC1. The first-order chi connectivity index (χ1) is 9.37. The minimum absolute atomic E-state index is 0.148. The van der Waals surface area contributed by atoms with Crippen LogP contribution < -0.4 is 11.1 Å². The number of nitrogens with two attached hydrogens (primary N) is 1. The van der Waals surface area contributed by atoms with E-state index in [1.807, 2.05) is 0 Å².